The lowest BCUT2D eigenvalue weighted by Gasteiger charge is -2.58. The smallest absolute Gasteiger partial charge is 0.245 e. The van der Waals surface area contributed by atoms with E-state index in [0.717, 1.165) is 96.0 Å². The number of fused-ring (bicyclic) bond motifs is 2. The number of benzene rings is 1. The first-order chi connectivity index (χ1) is 18.8. The largest absolute Gasteiger partial charge is 0.350 e. The van der Waals surface area contributed by atoms with E-state index in [-0.39, 0.29) is 11.3 Å². The molecule has 10 heteroatoms. The van der Waals surface area contributed by atoms with Crippen LogP contribution in [0.1, 0.15) is 47.8 Å². The second-order valence-electron chi connectivity index (χ2n) is 11.7. The van der Waals surface area contributed by atoms with Gasteiger partial charge in [-0.15, -0.1) is 0 Å². The third-order valence-corrected chi connectivity index (χ3v) is 9.61. The molecule has 1 amide bonds. The highest BCUT2D eigenvalue weighted by atomic mass is 35.5. The van der Waals surface area contributed by atoms with E-state index < -0.39 is 0 Å². The average molecular weight is 545 g/mol. The van der Waals surface area contributed by atoms with E-state index in [1.807, 2.05) is 35.9 Å². The molecule has 3 aliphatic rings. The Morgan fingerprint density at radius 2 is 2.03 bits per heavy atom. The molecule has 0 radical (unpaired) electrons. The van der Waals surface area contributed by atoms with Crippen molar-refractivity contribution in [1.82, 2.24) is 34.7 Å². The first-order valence-corrected chi connectivity index (χ1v) is 14.0. The van der Waals surface area contributed by atoms with Gasteiger partial charge in [-0.25, -0.2) is 0 Å². The summed E-state index contributed by atoms with van der Waals surface area (Å²) in [6.45, 7) is 11.1. The number of nitrogens with one attached hydrogen (secondary N) is 1. The van der Waals surface area contributed by atoms with Crippen LogP contribution >= 0.6 is 11.6 Å². The van der Waals surface area contributed by atoms with Crippen molar-refractivity contribution in [2.75, 3.05) is 24.5 Å². The standard InChI is InChI=1S/C29H33ClN8O/c1-5-24(39)37-15-29(16-37)10-20(11-29)38-18(3)25(26-21-13-31-33-22(21)9-17(2)27(26)30)28(34-38)36-8-6-7-23-19(14-36)12-32-35(23)4/h5,9,12-13,20H,1,6-8,10-11,14-16H2,2-4H3,(H,31,33). The Hall–Kier alpha value is -3.59. The fourth-order valence-electron chi connectivity index (χ4n) is 7.10. The summed E-state index contributed by atoms with van der Waals surface area (Å²) >= 11 is 7.08. The van der Waals surface area contributed by atoms with Crippen LogP contribution in [-0.2, 0) is 24.8 Å². The Balaban J connectivity index is 1.31. The quantitative estimate of drug-likeness (QED) is 0.375. The number of H-pyrrole nitrogens is 1. The van der Waals surface area contributed by atoms with E-state index in [1.54, 1.807) is 0 Å². The second kappa shape index (κ2) is 8.71. The highest BCUT2D eigenvalue weighted by Gasteiger charge is 2.54. The van der Waals surface area contributed by atoms with Crippen molar-refractivity contribution >= 4 is 34.2 Å². The summed E-state index contributed by atoms with van der Waals surface area (Å²) in [7, 11) is 2.03. The van der Waals surface area contributed by atoms with Crippen molar-refractivity contribution in [3.05, 3.63) is 58.7 Å². The van der Waals surface area contributed by atoms with Gasteiger partial charge >= 0.3 is 0 Å². The summed E-state index contributed by atoms with van der Waals surface area (Å²) < 4.78 is 4.23. The number of aryl methyl sites for hydroxylation is 2. The Bertz CT molecular complexity index is 1630. The first-order valence-electron chi connectivity index (χ1n) is 13.7. The highest BCUT2D eigenvalue weighted by Crippen LogP contribution is 2.55. The monoisotopic (exact) mass is 544 g/mol. The predicted molar refractivity (Wildman–Crippen MR) is 152 cm³/mol. The summed E-state index contributed by atoms with van der Waals surface area (Å²) in [6, 6.07) is 2.35. The molecule has 2 aliphatic heterocycles. The molecular weight excluding hydrogens is 512 g/mol. The van der Waals surface area contributed by atoms with E-state index in [2.05, 4.69) is 44.4 Å². The van der Waals surface area contributed by atoms with Gasteiger partial charge in [0.05, 0.1) is 29.0 Å². The lowest BCUT2D eigenvalue weighted by molar-refractivity contribution is -0.149. The van der Waals surface area contributed by atoms with Crippen LogP contribution in [0.2, 0.25) is 5.02 Å². The van der Waals surface area contributed by atoms with Crippen LogP contribution in [-0.4, -0.2) is 60.2 Å². The summed E-state index contributed by atoms with van der Waals surface area (Å²) in [6.07, 6.45) is 9.34. The van der Waals surface area contributed by atoms with Crippen molar-refractivity contribution in [3.8, 4) is 11.1 Å². The Morgan fingerprint density at radius 3 is 2.79 bits per heavy atom. The van der Waals surface area contributed by atoms with Crippen LogP contribution in [0.4, 0.5) is 5.82 Å². The molecule has 7 rings (SSSR count). The number of rotatable bonds is 4. The van der Waals surface area contributed by atoms with E-state index in [0.29, 0.717) is 6.04 Å². The van der Waals surface area contributed by atoms with Crippen molar-refractivity contribution < 1.29 is 4.79 Å². The van der Waals surface area contributed by atoms with Crippen LogP contribution in [0.15, 0.2) is 31.1 Å². The van der Waals surface area contributed by atoms with E-state index in [1.165, 1.54) is 17.3 Å². The van der Waals surface area contributed by atoms with Gasteiger partial charge in [0.2, 0.25) is 5.91 Å². The van der Waals surface area contributed by atoms with Crippen LogP contribution < -0.4 is 4.90 Å². The van der Waals surface area contributed by atoms with E-state index in [9.17, 15) is 4.79 Å². The van der Waals surface area contributed by atoms with Gasteiger partial charge in [0, 0.05) is 72.1 Å². The number of carbonyl (C=O) groups excluding carboxylic acids is 1. The number of carbonyl (C=O) groups is 1. The van der Waals surface area contributed by atoms with Gasteiger partial charge in [-0.1, -0.05) is 18.2 Å². The molecule has 1 aromatic carbocycles. The summed E-state index contributed by atoms with van der Waals surface area (Å²) in [5.74, 6) is 0.996. The van der Waals surface area contributed by atoms with Crippen LogP contribution in [0.3, 0.4) is 0 Å². The normalized spacial score (nSPS) is 18.7. The van der Waals surface area contributed by atoms with Crippen LogP contribution in [0, 0.1) is 19.3 Å². The minimum Gasteiger partial charge on any atom is -0.350 e. The van der Waals surface area contributed by atoms with Gasteiger partial charge in [0.1, 0.15) is 0 Å². The number of anilines is 1. The maximum absolute atomic E-state index is 12.0. The van der Waals surface area contributed by atoms with Crippen molar-refractivity contribution in [3.63, 3.8) is 0 Å². The number of hydrogen-bond donors (Lipinski definition) is 1. The van der Waals surface area contributed by atoms with Gasteiger partial charge in [-0.3, -0.25) is 19.3 Å². The molecule has 0 atom stereocenters. The van der Waals surface area contributed by atoms with Crippen molar-refractivity contribution in [1.29, 1.82) is 0 Å². The maximum atomic E-state index is 12.0. The predicted octanol–water partition coefficient (Wildman–Crippen LogP) is 4.73. The molecule has 202 valence electrons. The summed E-state index contributed by atoms with van der Waals surface area (Å²) in [5, 5.41) is 19.1. The molecule has 39 heavy (non-hydrogen) atoms. The fourth-order valence-corrected chi connectivity index (χ4v) is 7.35. The number of aromatic amines is 1. The molecule has 0 unspecified atom stereocenters. The number of amides is 1. The number of halogens is 1. The Labute approximate surface area is 232 Å². The molecule has 1 aliphatic carbocycles. The molecule has 3 aromatic heterocycles. The first kappa shape index (κ1) is 24.5. The molecule has 1 saturated carbocycles. The van der Waals surface area contributed by atoms with Gasteiger partial charge < -0.3 is 9.80 Å². The van der Waals surface area contributed by atoms with Crippen LogP contribution in [0.25, 0.3) is 22.0 Å². The number of aromatic nitrogens is 6. The van der Waals surface area contributed by atoms with Gasteiger partial charge in [-0.2, -0.15) is 15.3 Å². The van der Waals surface area contributed by atoms with Crippen LogP contribution in [0.5, 0.6) is 0 Å². The second-order valence-corrected chi connectivity index (χ2v) is 12.0. The molecule has 1 spiro atoms. The number of nitrogens with zero attached hydrogens (tertiary/aromatic N) is 7. The zero-order chi connectivity index (χ0) is 27.1. The lowest BCUT2D eigenvalue weighted by atomic mass is 9.60. The molecule has 1 saturated heterocycles. The minimum atomic E-state index is 0.0260. The average Bonchev–Trinajstić information content (AvgIpc) is 3.51. The van der Waals surface area contributed by atoms with Gasteiger partial charge in [-0.05, 0) is 57.2 Å². The summed E-state index contributed by atoms with van der Waals surface area (Å²) in [5.41, 5.74) is 7.93. The van der Waals surface area contributed by atoms with Gasteiger partial charge in [0.25, 0.3) is 0 Å². The molecule has 5 heterocycles. The molecule has 9 nitrogen and oxygen atoms in total. The molecular formula is C29H33ClN8O. The van der Waals surface area contributed by atoms with Crippen molar-refractivity contribution in [2.45, 2.75) is 52.1 Å². The highest BCUT2D eigenvalue weighted by molar-refractivity contribution is 6.36. The van der Waals surface area contributed by atoms with Crippen molar-refractivity contribution in [2.24, 2.45) is 12.5 Å². The molecule has 4 aromatic rings. The van der Waals surface area contributed by atoms with E-state index >= 15 is 0 Å². The zero-order valence-electron chi connectivity index (χ0n) is 22.7. The number of hydrogen-bond acceptors (Lipinski definition) is 5. The molecule has 1 N–H and O–H groups in total. The minimum absolute atomic E-state index is 0.0260. The topological polar surface area (TPSA) is 87.9 Å². The van der Waals surface area contributed by atoms with Gasteiger partial charge in [0.15, 0.2) is 5.82 Å². The molecule has 2 fully saturated rings. The fraction of sp³-hybridized carbons (Fsp3) is 0.448. The lowest BCUT2D eigenvalue weighted by Crippen LogP contribution is -2.63. The summed E-state index contributed by atoms with van der Waals surface area (Å²) in [4.78, 5) is 16.3. The third kappa shape index (κ3) is 3.66. The number of likely N-dealkylation sites (tertiary alicyclic amines) is 1. The molecule has 0 bridgehead atoms. The Kier molecular flexibility index (Phi) is 5.46. The zero-order valence-corrected chi connectivity index (χ0v) is 23.4. The van der Waals surface area contributed by atoms with E-state index in [4.69, 9.17) is 16.7 Å². The third-order valence-electron chi connectivity index (χ3n) is 9.12. The SMILES string of the molecule is C=CC(=O)N1CC2(CC(n3nc(N4CCCc5c(cnn5C)C4)c(-c4c(Cl)c(C)cc5[nH]ncc45)c3C)C2)C1. The maximum Gasteiger partial charge on any atom is 0.245 e. The Morgan fingerprint density at radius 1 is 1.23 bits per heavy atom.